The lowest BCUT2D eigenvalue weighted by Gasteiger charge is -2.29. The highest BCUT2D eigenvalue weighted by molar-refractivity contribution is 7.80. The molecule has 0 bridgehead atoms. The first kappa shape index (κ1) is 17.4. The van der Waals surface area contributed by atoms with Crippen molar-refractivity contribution in [1.82, 2.24) is 10.2 Å². The van der Waals surface area contributed by atoms with E-state index in [4.69, 9.17) is 12.2 Å². The van der Waals surface area contributed by atoms with Crippen molar-refractivity contribution in [3.63, 3.8) is 0 Å². The van der Waals surface area contributed by atoms with Crippen molar-refractivity contribution in [2.24, 2.45) is 0 Å². The lowest BCUT2D eigenvalue weighted by Crippen LogP contribution is -2.41. The van der Waals surface area contributed by atoms with Crippen LogP contribution in [0.3, 0.4) is 0 Å². The number of thiophene rings is 1. The Balaban J connectivity index is 1.61. The smallest absolute Gasteiger partial charge is 0.276 e. The van der Waals surface area contributed by atoms with E-state index < -0.39 is 0 Å². The topological polar surface area (TPSA) is 32.3 Å². The van der Waals surface area contributed by atoms with Crippen LogP contribution in [0, 0.1) is 5.82 Å². The van der Waals surface area contributed by atoms with Gasteiger partial charge < -0.3 is 5.32 Å². The van der Waals surface area contributed by atoms with Crippen molar-refractivity contribution < 1.29 is 9.18 Å². The molecule has 1 amide bonds. The fourth-order valence-electron chi connectivity index (χ4n) is 3.65. The predicted octanol–water partition coefficient (Wildman–Crippen LogP) is 4.94. The summed E-state index contributed by atoms with van der Waals surface area (Å²) in [5, 5.41) is 5.57. The minimum atomic E-state index is -0.259. The van der Waals surface area contributed by atoms with Crippen molar-refractivity contribution >= 4 is 40.7 Å². The monoisotopic (exact) mass is 386 g/mol. The Morgan fingerprint density at radius 2 is 1.88 bits per heavy atom. The van der Waals surface area contributed by atoms with Crippen LogP contribution in [0.15, 0.2) is 41.4 Å². The largest absolute Gasteiger partial charge is 0.328 e. The third-order valence-electron chi connectivity index (χ3n) is 4.98. The minimum Gasteiger partial charge on any atom is -0.328 e. The molecule has 3 nitrogen and oxygen atoms in total. The van der Waals surface area contributed by atoms with Crippen molar-refractivity contribution in [2.75, 3.05) is 0 Å². The molecule has 0 radical (unpaired) electrons. The van der Waals surface area contributed by atoms with Gasteiger partial charge in [0.25, 0.3) is 5.91 Å². The summed E-state index contributed by atoms with van der Waals surface area (Å²) < 4.78 is 13.2. The zero-order chi connectivity index (χ0) is 18.1. The highest BCUT2D eigenvalue weighted by Gasteiger charge is 2.36. The third kappa shape index (κ3) is 3.31. The minimum absolute atomic E-state index is 0.0413. The molecule has 0 spiro atoms. The van der Waals surface area contributed by atoms with E-state index in [1.807, 2.05) is 17.5 Å². The van der Waals surface area contributed by atoms with Gasteiger partial charge in [-0.25, -0.2) is 4.39 Å². The number of carbonyl (C=O) groups is 1. The quantitative estimate of drug-likeness (QED) is 0.599. The third-order valence-corrected chi connectivity index (χ3v) is 6.14. The summed E-state index contributed by atoms with van der Waals surface area (Å²) in [5.41, 5.74) is 2.43. The van der Waals surface area contributed by atoms with E-state index in [9.17, 15) is 9.18 Å². The van der Waals surface area contributed by atoms with Crippen LogP contribution in [-0.4, -0.2) is 22.0 Å². The zero-order valence-electron chi connectivity index (χ0n) is 14.2. The van der Waals surface area contributed by atoms with Gasteiger partial charge in [0.2, 0.25) is 0 Å². The van der Waals surface area contributed by atoms with Crippen LogP contribution in [-0.2, 0) is 4.79 Å². The van der Waals surface area contributed by atoms with Crippen molar-refractivity contribution in [3.8, 4) is 11.1 Å². The van der Waals surface area contributed by atoms with Gasteiger partial charge in [-0.2, -0.15) is 0 Å². The predicted molar refractivity (Wildman–Crippen MR) is 107 cm³/mol. The van der Waals surface area contributed by atoms with Crippen LogP contribution in [0.2, 0.25) is 0 Å². The molecule has 1 saturated carbocycles. The Labute approximate surface area is 161 Å². The Bertz CT molecular complexity index is 866. The van der Waals surface area contributed by atoms with Gasteiger partial charge in [-0.05, 0) is 65.8 Å². The summed E-state index contributed by atoms with van der Waals surface area (Å²) in [6.07, 6.45) is 7.42. The van der Waals surface area contributed by atoms with Gasteiger partial charge in [-0.3, -0.25) is 9.69 Å². The molecule has 2 fully saturated rings. The first-order chi connectivity index (χ1) is 12.6. The molecule has 1 aliphatic carbocycles. The Morgan fingerprint density at radius 1 is 1.15 bits per heavy atom. The molecular weight excluding hydrogens is 367 g/mol. The first-order valence-corrected chi connectivity index (χ1v) is 10.1. The second kappa shape index (κ2) is 7.29. The van der Waals surface area contributed by atoms with Crippen LogP contribution in [0.4, 0.5) is 4.39 Å². The summed E-state index contributed by atoms with van der Waals surface area (Å²) >= 11 is 6.98. The van der Waals surface area contributed by atoms with Crippen molar-refractivity contribution in [1.29, 1.82) is 0 Å². The second-order valence-corrected chi connectivity index (χ2v) is 7.99. The molecule has 1 N–H and O–H groups in total. The number of amides is 1. The fourth-order valence-corrected chi connectivity index (χ4v) is 4.84. The van der Waals surface area contributed by atoms with E-state index in [1.54, 1.807) is 28.4 Å². The number of hydrogen-bond donors (Lipinski definition) is 1. The van der Waals surface area contributed by atoms with E-state index in [0.29, 0.717) is 10.8 Å². The van der Waals surface area contributed by atoms with Gasteiger partial charge in [0.1, 0.15) is 11.5 Å². The Kier molecular flexibility index (Phi) is 4.87. The van der Waals surface area contributed by atoms with Crippen molar-refractivity contribution in [2.45, 2.75) is 38.1 Å². The summed E-state index contributed by atoms with van der Waals surface area (Å²) in [5.74, 6) is -0.301. The van der Waals surface area contributed by atoms with Crippen LogP contribution < -0.4 is 5.32 Å². The molecule has 1 aliphatic heterocycles. The number of nitrogens with one attached hydrogen (secondary N) is 1. The number of rotatable bonds is 3. The number of benzene rings is 1. The van der Waals surface area contributed by atoms with Gasteiger partial charge in [0, 0.05) is 10.9 Å². The summed E-state index contributed by atoms with van der Waals surface area (Å²) in [4.78, 5) is 15.6. The molecule has 4 rings (SSSR count). The molecule has 2 aliphatic rings. The maximum Gasteiger partial charge on any atom is 0.276 e. The normalized spacial score (nSPS) is 20.0. The van der Waals surface area contributed by atoms with Gasteiger partial charge in [0.05, 0.1) is 0 Å². The first-order valence-electron chi connectivity index (χ1n) is 8.83. The lowest BCUT2D eigenvalue weighted by atomic mass is 9.94. The molecule has 6 heteroatoms. The van der Waals surface area contributed by atoms with Gasteiger partial charge in [-0.1, -0.05) is 31.4 Å². The fraction of sp³-hybridized carbons (Fsp3) is 0.300. The molecule has 2 aromatic rings. The molecule has 0 unspecified atom stereocenters. The van der Waals surface area contributed by atoms with E-state index in [-0.39, 0.29) is 17.8 Å². The van der Waals surface area contributed by atoms with E-state index in [0.717, 1.165) is 41.7 Å². The number of carbonyl (C=O) groups excluding carboxylic acids is 1. The highest BCUT2D eigenvalue weighted by atomic mass is 32.1. The molecule has 1 saturated heterocycles. The van der Waals surface area contributed by atoms with E-state index in [1.165, 1.54) is 18.6 Å². The maximum absolute atomic E-state index is 13.2. The average molecular weight is 387 g/mol. The summed E-state index contributed by atoms with van der Waals surface area (Å²) in [6, 6.07) is 8.60. The van der Waals surface area contributed by atoms with Crippen LogP contribution in [0.5, 0.6) is 0 Å². The summed E-state index contributed by atoms with van der Waals surface area (Å²) in [6.45, 7) is 0. The second-order valence-electron chi connectivity index (χ2n) is 6.66. The van der Waals surface area contributed by atoms with Gasteiger partial charge in [0.15, 0.2) is 5.11 Å². The molecule has 134 valence electrons. The van der Waals surface area contributed by atoms with E-state index in [2.05, 4.69) is 5.32 Å². The molecule has 1 aromatic heterocycles. The standard InChI is InChI=1S/C20H19FN2OS2/c21-14-8-6-13(7-9-14)16-10-11-26-18(16)12-17-19(24)23(20(25)22-17)15-4-2-1-3-5-15/h6-12,15H,1-5H2,(H,22,25)/b17-12-. The average Bonchev–Trinajstić information content (AvgIpc) is 3.21. The Morgan fingerprint density at radius 3 is 2.62 bits per heavy atom. The molecular formula is C20H19FN2OS2. The van der Waals surface area contributed by atoms with Crippen LogP contribution in [0.25, 0.3) is 17.2 Å². The molecule has 26 heavy (non-hydrogen) atoms. The number of nitrogens with zero attached hydrogens (tertiary/aromatic N) is 1. The van der Waals surface area contributed by atoms with Crippen molar-refractivity contribution in [3.05, 3.63) is 52.1 Å². The van der Waals surface area contributed by atoms with Crippen LogP contribution >= 0.6 is 23.6 Å². The van der Waals surface area contributed by atoms with E-state index >= 15 is 0 Å². The van der Waals surface area contributed by atoms with Crippen LogP contribution in [0.1, 0.15) is 37.0 Å². The SMILES string of the molecule is O=C1/C(=C/c2sccc2-c2ccc(F)cc2)NC(=S)N1C1CCCCC1. The van der Waals surface area contributed by atoms with Gasteiger partial charge in [-0.15, -0.1) is 11.3 Å². The maximum atomic E-state index is 13.2. The zero-order valence-corrected chi connectivity index (χ0v) is 15.8. The molecule has 2 heterocycles. The number of thiocarbonyl (C=S) groups is 1. The lowest BCUT2D eigenvalue weighted by molar-refractivity contribution is -0.124. The number of halogens is 1. The highest BCUT2D eigenvalue weighted by Crippen LogP contribution is 2.32. The van der Waals surface area contributed by atoms with Gasteiger partial charge >= 0.3 is 0 Å². The molecule has 0 atom stereocenters. The Hall–Kier alpha value is -2.05. The molecule has 1 aromatic carbocycles. The summed E-state index contributed by atoms with van der Waals surface area (Å²) in [7, 11) is 0. The number of hydrogen-bond acceptors (Lipinski definition) is 3.